The van der Waals surface area contributed by atoms with Crippen LogP contribution in [0.5, 0.6) is 0 Å². The minimum atomic E-state index is -0.647. The molecule has 1 aromatic heterocycles. The summed E-state index contributed by atoms with van der Waals surface area (Å²) in [6.45, 7) is 2.23. The van der Waals surface area contributed by atoms with Gasteiger partial charge in [-0.15, -0.1) is 0 Å². The van der Waals surface area contributed by atoms with Gasteiger partial charge in [-0.25, -0.2) is 0 Å². The molecule has 5 nitrogen and oxygen atoms in total. The van der Waals surface area contributed by atoms with Crippen LogP contribution >= 0.6 is 0 Å². The Morgan fingerprint density at radius 1 is 1.40 bits per heavy atom. The van der Waals surface area contributed by atoms with E-state index in [1.54, 1.807) is 24.2 Å². The Morgan fingerprint density at radius 2 is 2.15 bits per heavy atom. The fourth-order valence-corrected chi connectivity index (χ4v) is 3.20. The van der Waals surface area contributed by atoms with E-state index in [4.69, 9.17) is 0 Å². The van der Waals surface area contributed by atoms with Crippen LogP contribution in [-0.2, 0) is 16.1 Å². The first-order valence-electron chi connectivity index (χ1n) is 7.14. The van der Waals surface area contributed by atoms with E-state index in [0.29, 0.717) is 6.54 Å². The number of hydrogen-bond acceptors (Lipinski definition) is 3. The van der Waals surface area contributed by atoms with Crippen LogP contribution in [0.3, 0.4) is 0 Å². The number of hydrogen-bond donors (Lipinski definition) is 1. The second kappa shape index (κ2) is 4.89. The summed E-state index contributed by atoms with van der Waals surface area (Å²) >= 11 is 0. The molecule has 2 aliphatic rings. The Labute approximate surface area is 118 Å². The quantitative estimate of drug-likeness (QED) is 0.882. The molecule has 2 amide bonds. The largest absolute Gasteiger partial charge is 0.340 e. The van der Waals surface area contributed by atoms with E-state index in [-0.39, 0.29) is 11.8 Å². The molecule has 1 saturated carbocycles. The van der Waals surface area contributed by atoms with Crippen LogP contribution in [0, 0.1) is 0 Å². The number of rotatable bonds is 2. The van der Waals surface area contributed by atoms with Gasteiger partial charge >= 0.3 is 0 Å². The van der Waals surface area contributed by atoms with Crippen LogP contribution in [-0.4, -0.2) is 33.3 Å². The molecular weight excluding hydrogens is 254 g/mol. The van der Waals surface area contributed by atoms with Crippen molar-refractivity contribution in [2.24, 2.45) is 0 Å². The van der Waals surface area contributed by atoms with Crippen LogP contribution < -0.4 is 5.32 Å². The van der Waals surface area contributed by atoms with Gasteiger partial charge in [0.25, 0.3) is 0 Å². The molecule has 1 aliphatic carbocycles. The number of carbonyl (C=O) groups excluding carboxylic acids is 2. The first-order valence-corrected chi connectivity index (χ1v) is 7.14. The summed E-state index contributed by atoms with van der Waals surface area (Å²) in [5.74, 6) is 0.0151. The van der Waals surface area contributed by atoms with E-state index < -0.39 is 11.6 Å². The molecule has 1 aromatic rings. The van der Waals surface area contributed by atoms with Gasteiger partial charge in [-0.3, -0.25) is 14.6 Å². The van der Waals surface area contributed by atoms with Crippen LogP contribution in [0.1, 0.15) is 38.2 Å². The number of piperazine rings is 1. The van der Waals surface area contributed by atoms with Crippen molar-refractivity contribution in [3.8, 4) is 0 Å². The van der Waals surface area contributed by atoms with Gasteiger partial charge in [0.15, 0.2) is 0 Å². The van der Waals surface area contributed by atoms with E-state index >= 15 is 0 Å². The van der Waals surface area contributed by atoms with Crippen molar-refractivity contribution < 1.29 is 9.59 Å². The van der Waals surface area contributed by atoms with Crippen LogP contribution in [0.15, 0.2) is 24.5 Å². The van der Waals surface area contributed by atoms with Crippen molar-refractivity contribution in [1.29, 1.82) is 0 Å². The molecule has 2 heterocycles. The summed E-state index contributed by atoms with van der Waals surface area (Å²) in [5, 5.41) is 2.96. The maximum Gasteiger partial charge on any atom is 0.249 e. The highest BCUT2D eigenvalue weighted by Gasteiger charge is 2.50. The Kier molecular flexibility index (Phi) is 3.20. The van der Waals surface area contributed by atoms with E-state index in [0.717, 1.165) is 31.2 Å². The van der Waals surface area contributed by atoms with Crippen LogP contribution in [0.2, 0.25) is 0 Å². The lowest BCUT2D eigenvalue weighted by molar-refractivity contribution is -0.154. The lowest BCUT2D eigenvalue weighted by Gasteiger charge is -2.43. The average Bonchev–Trinajstić information content (AvgIpc) is 2.92. The maximum atomic E-state index is 12.8. The molecule has 5 heteroatoms. The molecule has 20 heavy (non-hydrogen) atoms. The van der Waals surface area contributed by atoms with Gasteiger partial charge in [-0.05, 0) is 31.4 Å². The van der Waals surface area contributed by atoms with Crippen LogP contribution in [0.25, 0.3) is 0 Å². The molecule has 3 rings (SSSR count). The zero-order valence-corrected chi connectivity index (χ0v) is 11.6. The van der Waals surface area contributed by atoms with Gasteiger partial charge in [0.05, 0.1) is 0 Å². The number of pyridine rings is 1. The highest BCUT2D eigenvalue weighted by atomic mass is 16.2. The third-order valence-electron chi connectivity index (χ3n) is 4.41. The number of nitrogens with one attached hydrogen (secondary N) is 1. The predicted octanol–water partition coefficient (Wildman–Crippen LogP) is 1.24. The summed E-state index contributed by atoms with van der Waals surface area (Å²) in [7, 11) is 0. The fourth-order valence-electron chi connectivity index (χ4n) is 3.20. The maximum absolute atomic E-state index is 12.8. The standard InChI is InChI=1S/C15H19N3O2/c1-11-13(19)17-15(6-2-3-7-15)14(20)18(11)10-12-5-4-8-16-9-12/h4-5,8-9,11H,2-3,6-7,10H2,1H3,(H,17,19). The van der Waals surface area contributed by atoms with E-state index in [1.807, 2.05) is 12.1 Å². The van der Waals surface area contributed by atoms with Gasteiger partial charge in [0.1, 0.15) is 11.6 Å². The molecule has 106 valence electrons. The summed E-state index contributed by atoms with van der Waals surface area (Å²) in [4.78, 5) is 30.7. The molecule has 1 saturated heterocycles. The Balaban J connectivity index is 1.87. The first kappa shape index (κ1) is 13.1. The van der Waals surface area contributed by atoms with E-state index in [9.17, 15) is 9.59 Å². The summed E-state index contributed by atoms with van der Waals surface area (Å²) < 4.78 is 0. The topological polar surface area (TPSA) is 62.3 Å². The molecule has 0 bridgehead atoms. The van der Waals surface area contributed by atoms with Crippen molar-refractivity contribution in [3.05, 3.63) is 30.1 Å². The summed E-state index contributed by atoms with van der Waals surface area (Å²) in [5.41, 5.74) is 0.307. The Morgan fingerprint density at radius 3 is 2.80 bits per heavy atom. The highest BCUT2D eigenvalue weighted by molar-refractivity contribution is 5.99. The number of aromatic nitrogens is 1. The van der Waals surface area contributed by atoms with E-state index in [1.165, 1.54) is 0 Å². The van der Waals surface area contributed by atoms with Gasteiger partial charge in [0, 0.05) is 18.9 Å². The molecule has 1 atom stereocenters. The minimum absolute atomic E-state index is 0.0459. The zero-order chi connectivity index (χ0) is 14.2. The van der Waals surface area contributed by atoms with Crippen LogP contribution in [0.4, 0.5) is 0 Å². The predicted molar refractivity (Wildman–Crippen MR) is 73.6 cm³/mol. The SMILES string of the molecule is CC1C(=O)NC2(CCCC2)C(=O)N1Cc1cccnc1. The molecule has 1 spiro atoms. The lowest BCUT2D eigenvalue weighted by Crippen LogP contribution is -2.68. The first-order chi connectivity index (χ1) is 9.62. The minimum Gasteiger partial charge on any atom is -0.340 e. The Bertz CT molecular complexity index is 523. The normalized spacial score (nSPS) is 25.1. The van der Waals surface area contributed by atoms with Gasteiger partial charge < -0.3 is 10.2 Å². The molecule has 0 radical (unpaired) electrons. The number of carbonyl (C=O) groups is 2. The number of nitrogens with zero attached hydrogens (tertiary/aromatic N) is 2. The van der Waals surface area contributed by atoms with Crippen molar-refractivity contribution in [1.82, 2.24) is 15.2 Å². The van der Waals surface area contributed by atoms with E-state index in [2.05, 4.69) is 10.3 Å². The second-order valence-electron chi connectivity index (χ2n) is 5.75. The third kappa shape index (κ3) is 2.07. The Hall–Kier alpha value is -1.91. The zero-order valence-electron chi connectivity index (χ0n) is 11.6. The molecule has 1 unspecified atom stereocenters. The molecule has 1 N–H and O–H groups in total. The summed E-state index contributed by atoms with van der Waals surface area (Å²) in [6.07, 6.45) is 6.97. The molecule has 1 aliphatic heterocycles. The second-order valence-corrected chi connectivity index (χ2v) is 5.75. The molecule has 0 aromatic carbocycles. The van der Waals surface area contributed by atoms with Crippen molar-refractivity contribution in [2.45, 2.75) is 50.7 Å². The van der Waals surface area contributed by atoms with Gasteiger partial charge in [-0.2, -0.15) is 0 Å². The van der Waals surface area contributed by atoms with Crippen molar-refractivity contribution in [2.75, 3.05) is 0 Å². The van der Waals surface area contributed by atoms with Gasteiger partial charge in [-0.1, -0.05) is 18.9 Å². The fraction of sp³-hybridized carbons (Fsp3) is 0.533. The molecular formula is C15H19N3O2. The van der Waals surface area contributed by atoms with Crippen molar-refractivity contribution in [3.63, 3.8) is 0 Å². The number of amides is 2. The third-order valence-corrected chi connectivity index (χ3v) is 4.41. The lowest BCUT2D eigenvalue weighted by atomic mass is 9.91. The molecule has 2 fully saturated rings. The smallest absolute Gasteiger partial charge is 0.249 e. The average molecular weight is 273 g/mol. The monoisotopic (exact) mass is 273 g/mol. The van der Waals surface area contributed by atoms with Gasteiger partial charge in [0.2, 0.25) is 11.8 Å². The summed E-state index contributed by atoms with van der Waals surface area (Å²) in [6, 6.07) is 3.36. The van der Waals surface area contributed by atoms with Crippen molar-refractivity contribution >= 4 is 11.8 Å². The highest BCUT2D eigenvalue weighted by Crippen LogP contribution is 2.35.